The van der Waals surface area contributed by atoms with Gasteiger partial charge in [0.05, 0.1) is 23.3 Å². The molecule has 0 spiro atoms. The first-order valence-electron chi connectivity index (χ1n) is 18.4. The summed E-state index contributed by atoms with van der Waals surface area (Å²) < 4.78 is 95.9. The van der Waals surface area contributed by atoms with E-state index in [9.17, 15) is 45.8 Å². The summed E-state index contributed by atoms with van der Waals surface area (Å²) in [5, 5.41) is 13.2. The number of carbonyl (C=O) groups is 3. The van der Waals surface area contributed by atoms with Crippen LogP contribution < -0.4 is 9.47 Å². The summed E-state index contributed by atoms with van der Waals surface area (Å²) >= 11 is 0.373. The van der Waals surface area contributed by atoms with Crippen molar-refractivity contribution in [2.75, 3.05) is 19.6 Å². The molecule has 4 heterocycles. The fourth-order valence-corrected chi connectivity index (χ4v) is 8.92. The lowest BCUT2D eigenvalue weighted by molar-refractivity contribution is -0.163. The molecular formula is C39H43F6N3O6S. The van der Waals surface area contributed by atoms with Crippen molar-refractivity contribution >= 4 is 28.9 Å². The predicted molar refractivity (Wildman–Crippen MR) is 189 cm³/mol. The van der Waals surface area contributed by atoms with Crippen LogP contribution in [-0.2, 0) is 27.5 Å². The highest BCUT2D eigenvalue weighted by Crippen LogP contribution is 2.45. The lowest BCUT2D eigenvalue weighted by atomic mass is 9.78. The quantitative estimate of drug-likeness (QED) is 0.207. The number of alkyl halides is 6. The monoisotopic (exact) mass is 795 g/mol. The second kappa shape index (κ2) is 15.8. The summed E-state index contributed by atoms with van der Waals surface area (Å²) in [4.78, 5) is 46.4. The number of ether oxygens (including phenoxy) is 2. The highest BCUT2D eigenvalue weighted by Gasteiger charge is 2.57. The average Bonchev–Trinajstić information content (AvgIpc) is 3.82. The molecule has 0 bridgehead atoms. The topological polar surface area (TPSA) is 109 Å². The van der Waals surface area contributed by atoms with Crippen LogP contribution in [0, 0.1) is 5.92 Å². The van der Waals surface area contributed by atoms with E-state index in [4.69, 9.17) is 9.47 Å². The van der Waals surface area contributed by atoms with Gasteiger partial charge in [-0.2, -0.15) is 26.3 Å². The van der Waals surface area contributed by atoms with Crippen LogP contribution in [0.4, 0.5) is 26.3 Å². The molecule has 2 aromatic heterocycles. The Balaban J connectivity index is 1.31. The molecule has 1 N–H and O–H groups in total. The zero-order valence-electron chi connectivity index (χ0n) is 30.4. The van der Waals surface area contributed by atoms with Crippen LogP contribution in [0.1, 0.15) is 98.1 Å². The van der Waals surface area contributed by atoms with Gasteiger partial charge in [0.2, 0.25) is 5.60 Å². The second-order valence-corrected chi connectivity index (χ2v) is 15.5. The number of aromatic nitrogens is 1. The largest absolute Gasteiger partial charge is 0.490 e. The number of nitrogens with zero attached hydrogens (tertiary/aromatic N) is 3. The van der Waals surface area contributed by atoms with Crippen molar-refractivity contribution in [1.29, 1.82) is 0 Å². The number of pyridine rings is 1. The molecule has 1 saturated carbocycles. The molecule has 2 aliphatic heterocycles. The number of Topliss-reactive ketones (excluding diaryl/α,β-unsaturated/α-hetero) is 1. The maximum atomic E-state index is 14.9. The number of hydrogen-bond donors (Lipinski definition) is 1. The maximum Gasteiger partial charge on any atom is 0.425 e. The number of piperidine rings is 2. The maximum absolute atomic E-state index is 14.9. The smallest absolute Gasteiger partial charge is 0.425 e. The van der Waals surface area contributed by atoms with Crippen molar-refractivity contribution in [3.05, 3.63) is 75.7 Å². The number of aliphatic hydroxyl groups is 1. The molecule has 3 aliphatic rings. The number of rotatable bonds is 10. The Labute approximate surface area is 318 Å². The SMILES string of the molecule is CCC[C@H]1N(C(=O)c2ncccc2C(F)(F)F)CCC[C@@]1(Oc1csc(C(F)(F)F)c1)C(=O)N1CCC(O)(c2ccccc2O[C@H]2CC[C@H](C(C)=O)C2)CC1. The van der Waals surface area contributed by atoms with Gasteiger partial charge in [0, 0.05) is 55.2 Å². The summed E-state index contributed by atoms with van der Waals surface area (Å²) in [6, 6.07) is 8.44. The fourth-order valence-electron chi connectivity index (χ4n) is 8.24. The summed E-state index contributed by atoms with van der Waals surface area (Å²) in [5.74, 6) is -1.49. The van der Waals surface area contributed by atoms with Crippen molar-refractivity contribution in [3.8, 4) is 11.5 Å². The lowest BCUT2D eigenvalue weighted by Gasteiger charge is -2.51. The Kier molecular flexibility index (Phi) is 11.6. The molecule has 6 rings (SSSR count). The Morgan fingerprint density at radius 2 is 1.71 bits per heavy atom. The van der Waals surface area contributed by atoms with E-state index < -0.39 is 57.5 Å². The molecule has 55 heavy (non-hydrogen) atoms. The molecule has 298 valence electrons. The molecule has 2 saturated heterocycles. The van der Waals surface area contributed by atoms with E-state index in [1.807, 2.05) is 0 Å². The molecule has 1 aromatic carbocycles. The first kappa shape index (κ1) is 40.5. The molecule has 2 amide bonds. The molecular weight excluding hydrogens is 752 g/mol. The van der Waals surface area contributed by atoms with Crippen LogP contribution in [0.25, 0.3) is 0 Å². The van der Waals surface area contributed by atoms with Crippen molar-refractivity contribution in [1.82, 2.24) is 14.8 Å². The summed E-state index contributed by atoms with van der Waals surface area (Å²) in [6.07, 6.45) is -6.20. The van der Waals surface area contributed by atoms with E-state index in [0.29, 0.717) is 48.3 Å². The van der Waals surface area contributed by atoms with E-state index in [-0.39, 0.29) is 75.3 Å². The first-order valence-corrected chi connectivity index (χ1v) is 19.3. The Hall–Kier alpha value is -4.18. The van der Waals surface area contributed by atoms with E-state index in [2.05, 4.69) is 4.98 Å². The third-order valence-corrected chi connectivity index (χ3v) is 12.0. The Morgan fingerprint density at radius 1 is 0.982 bits per heavy atom. The van der Waals surface area contributed by atoms with Gasteiger partial charge in [0.15, 0.2) is 0 Å². The van der Waals surface area contributed by atoms with Gasteiger partial charge in [-0.15, -0.1) is 11.3 Å². The van der Waals surface area contributed by atoms with E-state index in [1.165, 1.54) is 4.90 Å². The van der Waals surface area contributed by atoms with Gasteiger partial charge in [-0.05, 0) is 70.1 Å². The van der Waals surface area contributed by atoms with E-state index in [1.54, 1.807) is 38.1 Å². The highest BCUT2D eigenvalue weighted by atomic mass is 32.1. The van der Waals surface area contributed by atoms with Crippen molar-refractivity contribution in [2.45, 2.75) is 107 Å². The van der Waals surface area contributed by atoms with Crippen LogP contribution in [0.15, 0.2) is 54.0 Å². The third-order valence-electron chi connectivity index (χ3n) is 11.0. The van der Waals surface area contributed by atoms with E-state index >= 15 is 0 Å². The van der Waals surface area contributed by atoms with Crippen LogP contribution in [0.5, 0.6) is 11.5 Å². The first-order chi connectivity index (χ1) is 26.0. The highest BCUT2D eigenvalue weighted by molar-refractivity contribution is 7.10. The van der Waals surface area contributed by atoms with Gasteiger partial charge in [-0.1, -0.05) is 31.5 Å². The molecule has 4 atom stereocenters. The van der Waals surface area contributed by atoms with E-state index in [0.717, 1.165) is 34.7 Å². The number of likely N-dealkylation sites (tertiary alicyclic amines) is 2. The average molecular weight is 796 g/mol. The normalized spacial score (nSPS) is 24.4. The molecule has 16 heteroatoms. The zero-order chi connectivity index (χ0) is 39.8. The minimum Gasteiger partial charge on any atom is -0.490 e. The van der Waals surface area contributed by atoms with Gasteiger partial charge in [-0.3, -0.25) is 19.4 Å². The number of carbonyl (C=O) groups excluding carboxylic acids is 3. The predicted octanol–water partition coefficient (Wildman–Crippen LogP) is 8.05. The number of ketones is 1. The molecule has 0 unspecified atom stereocenters. The molecule has 1 aliphatic carbocycles. The van der Waals surface area contributed by atoms with Crippen molar-refractivity contribution < 1.29 is 55.3 Å². The third kappa shape index (κ3) is 8.35. The minimum atomic E-state index is -4.91. The van der Waals surface area contributed by atoms with Crippen LogP contribution >= 0.6 is 11.3 Å². The number of para-hydroxylation sites is 1. The fraction of sp³-hybridized carbons (Fsp3) is 0.538. The standard InChI is InChI=1S/C39H43F6N3O6S/c1-3-8-31-37(54-27-22-32(55-23-27)39(43,44)45,14-7-18-48(31)34(50)33-29(38(40,41)42)10-6-17-46-33)35(51)47-19-15-36(52,16-20-47)28-9-4-5-11-30(28)53-26-13-12-25(21-26)24(2)49/h4-6,9-11,17,22-23,25-26,31,52H,3,7-8,12-16,18-21H2,1-2H3/t25-,26-,31+,37-/m0/s1. The molecule has 3 fully saturated rings. The summed E-state index contributed by atoms with van der Waals surface area (Å²) in [7, 11) is 0. The van der Waals surface area contributed by atoms with Gasteiger partial charge in [-0.25, -0.2) is 0 Å². The number of hydrogen-bond acceptors (Lipinski definition) is 8. The van der Waals surface area contributed by atoms with Gasteiger partial charge >= 0.3 is 12.4 Å². The zero-order valence-corrected chi connectivity index (χ0v) is 31.2. The lowest BCUT2D eigenvalue weighted by Crippen LogP contribution is -2.68. The van der Waals surface area contributed by atoms with Gasteiger partial charge in [0.25, 0.3) is 11.8 Å². The Morgan fingerprint density at radius 3 is 2.35 bits per heavy atom. The van der Waals surface area contributed by atoms with Crippen molar-refractivity contribution in [2.24, 2.45) is 5.92 Å². The van der Waals surface area contributed by atoms with Gasteiger partial charge < -0.3 is 24.4 Å². The van der Waals surface area contributed by atoms with Crippen molar-refractivity contribution in [3.63, 3.8) is 0 Å². The molecule has 3 aromatic rings. The number of halogens is 6. The number of thiophene rings is 1. The van der Waals surface area contributed by atoms with Gasteiger partial charge in [0.1, 0.15) is 27.9 Å². The second-order valence-electron chi connectivity index (χ2n) is 14.6. The molecule has 0 radical (unpaired) electrons. The summed E-state index contributed by atoms with van der Waals surface area (Å²) in [5.41, 5.74) is -5.00. The minimum absolute atomic E-state index is 0.00664. The number of amides is 2. The number of benzene rings is 1. The van der Waals surface area contributed by atoms with Crippen LogP contribution in [-0.4, -0.2) is 74.9 Å². The Bertz CT molecular complexity index is 1880. The molecule has 9 nitrogen and oxygen atoms in total. The van der Waals surface area contributed by atoms with Crippen LogP contribution in [0.3, 0.4) is 0 Å². The summed E-state index contributed by atoms with van der Waals surface area (Å²) in [6.45, 7) is 3.26. The van der Waals surface area contributed by atoms with Crippen LogP contribution in [0.2, 0.25) is 0 Å².